The van der Waals surface area contributed by atoms with Crippen LogP contribution in [0.4, 0.5) is 0 Å². The summed E-state index contributed by atoms with van der Waals surface area (Å²) in [6.45, 7) is 2.96. The van der Waals surface area contributed by atoms with Gasteiger partial charge in [0.05, 0.1) is 26.2 Å². The van der Waals surface area contributed by atoms with Gasteiger partial charge in [-0.2, -0.15) is 9.30 Å². The molecule has 1 fully saturated rings. The quantitative estimate of drug-likeness (QED) is 0.542. The minimum absolute atomic E-state index is 0.0754. The van der Waals surface area contributed by atoms with E-state index in [2.05, 4.69) is 4.99 Å². The summed E-state index contributed by atoms with van der Waals surface area (Å²) in [6.07, 6.45) is 1.73. The number of amides is 1. The van der Waals surface area contributed by atoms with Crippen LogP contribution in [0, 0.1) is 6.92 Å². The molecule has 0 radical (unpaired) electrons. The summed E-state index contributed by atoms with van der Waals surface area (Å²) in [4.78, 5) is 17.7. The molecule has 170 valence electrons. The molecule has 0 bridgehead atoms. The number of aryl methyl sites for hydroxylation is 2. The minimum atomic E-state index is -3.67. The third-order valence-corrected chi connectivity index (χ3v) is 9.02. The van der Waals surface area contributed by atoms with Gasteiger partial charge in [0.1, 0.15) is 0 Å². The second-order valence-electron chi connectivity index (χ2n) is 7.85. The maximum atomic E-state index is 12.8. The second kappa shape index (κ2) is 9.07. The van der Waals surface area contributed by atoms with Crippen molar-refractivity contribution >= 4 is 49.1 Å². The molecular weight excluding hydrogens is 470 g/mol. The van der Waals surface area contributed by atoms with Crippen LogP contribution in [0.5, 0.6) is 0 Å². The molecule has 1 amide bonds. The lowest BCUT2D eigenvalue weighted by atomic mass is 10.2. The average Bonchev–Trinajstić information content (AvgIpc) is 3.39. The number of sulfonamides is 1. The Hall–Kier alpha value is -2.04. The predicted molar refractivity (Wildman–Crippen MR) is 126 cm³/mol. The van der Waals surface area contributed by atoms with Gasteiger partial charge in [-0.05, 0) is 55.7 Å². The van der Waals surface area contributed by atoms with E-state index < -0.39 is 15.9 Å². The Bertz CT molecular complexity index is 1340. The van der Waals surface area contributed by atoms with E-state index in [1.54, 1.807) is 7.05 Å². The van der Waals surface area contributed by atoms with Crippen molar-refractivity contribution in [2.45, 2.75) is 30.8 Å². The van der Waals surface area contributed by atoms with Crippen molar-refractivity contribution in [1.29, 1.82) is 0 Å². The van der Waals surface area contributed by atoms with E-state index in [0.717, 1.165) is 28.6 Å². The Morgan fingerprint density at radius 2 is 2.00 bits per heavy atom. The molecular formula is C22H24ClN3O4S2. The smallest absolute Gasteiger partial charge is 0.279 e. The van der Waals surface area contributed by atoms with Gasteiger partial charge in [-0.25, -0.2) is 8.42 Å². The van der Waals surface area contributed by atoms with Crippen LogP contribution in [0.3, 0.4) is 0 Å². The largest absolute Gasteiger partial charge is 0.377 e. The van der Waals surface area contributed by atoms with Crippen LogP contribution >= 0.6 is 22.9 Å². The summed E-state index contributed by atoms with van der Waals surface area (Å²) in [5.41, 5.74) is 2.29. The van der Waals surface area contributed by atoms with Crippen LogP contribution in [0.15, 0.2) is 46.3 Å². The molecule has 1 unspecified atom stereocenters. The molecule has 1 saturated heterocycles. The zero-order valence-electron chi connectivity index (χ0n) is 18.0. The fraction of sp³-hybridized carbons (Fsp3) is 0.364. The monoisotopic (exact) mass is 493 g/mol. The number of rotatable bonds is 5. The van der Waals surface area contributed by atoms with Gasteiger partial charge < -0.3 is 9.30 Å². The predicted octanol–water partition coefficient (Wildman–Crippen LogP) is 3.74. The highest BCUT2D eigenvalue weighted by atomic mass is 35.5. The lowest BCUT2D eigenvalue weighted by Crippen LogP contribution is -2.34. The molecule has 7 nitrogen and oxygen atoms in total. The Kier molecular flexibility index (Phi) is 6.56. The molecule has 0 N–H and O–H groups in total. The molecule has 2 heterocycles. The highest BCUT2D eigenvalue weighted by Gasteiger charge is 2.26. The molecule has 32 heavy (non-hydrogen) atoms. The van der Waals surface area contributed by atoms with Gasteiger partial charge in [0.15, 0.2) is 4.80 Å². The fourth-order valence-corrected chi connectivity index (χ4v) is 6.36. The molecule has 3 aromatic rings. The normalized spacial score (nSPS) is 17.5. The van der Waals surface area contributed by atoms with Crippen molar-refractivity contribution in [3.63, 3.8) is 0 Å². The molecule has 1 aliphatic heterocycles. The number of carbonyl (C=O) groups excluding carboxylic acids is 1. The van der Waals surface area contributed by atoms with Crippen LogP contribution in [0.25, 0.3) is 10.2 Å². The molecule has 0 spiro atoms. The number of carbonyl (C=O) groups is 1. The summed E-state index contributed by atoms with van der Waals surface area (Å²) in [5, 5.41) is 0.613. The van der Waals surface area contributed by atoms with Crippen molar-refractivity contribution in [2.24, 2.45) is 12.0 Å². The standard InChI is InChI=1S/C22H24ClN3O4S2/c1-14-6-11-18(23)20-19(14)26(3)22(31-20)24-21(27)15-7-9-17(10-8-15)32(28,29)25(2)13-16-5-4-12-30-16/h6-11,16H,4-5,12-13H2,1-3H3. The zero-order valence-corrected chi connectivity index (χ0v) is 20.4. The molecule has 0 aliphatic carbocycles. The number of aromatic nitrogens is 1. The number of ether oxygens (including phenoxy) is 1. The first kappa shape index (κ1) is 23.1. The van der Waals surface area contributed by atoms with Crippen LogP contribution in [0.2, 0.25) is 5.02 Å². The maximum absolute atomic E-state index is 12.8. The molecule has 1 aliphatic rings. The maximum Gasteiger partial charge on any atom is 0.279 e. The molecule has 4 rings (SSSR count). The molecule has 0 saturated carbocycles. The van der Waals surface area contributed by atoms with Gasteiger partial charge in [0.25, 0.3) is 5.91 Å². The van der Waals surface area contributed by atoms with Crippen molar-refractivity contribution in [1.82, 2.24) is 8.87 Å². The number of thiazole rings is 1. The number of hydrogen-bond acceptors (Lipinski definition) is 5. The van der Waals surface area contributed by atoms with E-state index >= 15 is 0 Å². The summed E-state index contributed by atoms with van der Waals surface area (Å²) in [7, 11) is -0.284. The van der Waals surface area contributed by atoms with Crippen molar-refractivity contribution in [2.75, 3.05) is 20.2 Å². The van der Waals surface area contributed by atoms with Gasteiger partial charge >= 0.3 is 0 Å². The van der Waals surface area contributed by atoms with Gasteiger partial charge in [0, 0.05) is 32.8 Å². The Balaban J connectivity index is 1.59. The van der Waals surface area contributed by atoms with E-state index in [4.69, 9.17) is 16.3 Å². The van der Waals surface area contributed by atoms with Gasteiger partial charge in [-0.1, -0.05) is 29.0 Å². The van der Waals surface area contributed by atoms with Gasteiger partial charge in [-0.3, -0.25) is 4.79 Å². The number of halogens is 1. The number of fused-ring (bicyclic) bond motifs is 1. The molecule has 1 aromatic heterocycles. The van der Waals surface area contributed by atoms with E-state index in [9.17, 15) is 13.2 Å². The summed E-state index contributed by atoms with van der Waals surface area (Å²) in [6, 6.07) is 9.62. The Morgan fingerprint density at radius 3 is 2.62 bits per heavy atom. The molecule has 10 heteroatoms. The second-order valence-corrected chi connectivity index (χ2v) is 11.3. The number of benzene rings is 2. The summed E-state index contributed by atoms with van der Waals surface area (Å²) in [5.74, 6) is -0.447. The topological polar surface area (TPSA) is 81.0 Å². The van der Waals surface area contributed by atoms with Gasteiger partial charge in [-0.15, -0.1) is 0 Å². The third kappa shape index (κ3) is 4.40. The fourth-order valence-electron chi connectivity index (χ4n) is 3.79. The third-order valence-electron chi connectivity index (χ3n) is 5.59. The van der Waals surface area contributed by atoms with E-state index in [-0.39, 0.29) is 11.0 Å². The zero-order chi connectivity index (χ0) is 23.0. The number of nitrogens with zero attached hydrogens (tertiary/aromatic N) is 3. The van der Waals surface area contributed by atoms with Crippen LogP contribution in [-0.4, -0.2) is 49.5 Å². The van der Waals surface area contributed by atoms with Crippen LogP contribution < -0.4 is 4.80 Å². The first-order valence-electron chi connectivity index (χ1n) is 10.2. The highest BCUT2D eigenvalue weighted by Crippen LogP contribution is 2.28. The summed E-state index contributed by atoms with van der Waals surface area (Å²) >= 11 is 7.65. The lowest BCUT2D eigenvalue weighted by Gasteiger charge is -2.20. The molecule has 2 aromatic carbocycles. The van der Waals surface area contributed by atoms with Crippen molar-refractivity contribution in [3.8, 4) is 0 Å². The van der Waals surface area contributed by atoms with Crippen molar-refractivity contribution in [3.05, 3.63) is 57.3 Å². The average molecular weight is 494 g/mol. The molecule has 1 atom stereocenters. The van der Waals surface area contributed by atoms with Crippen LogP contribution in [-0.2, 0) is 21.8 Å². The lowest BCUT2D eigenvalue weighted by molar-refractivity contribution is 0.0979. The minimum Gasteiger partial charge on any atom is -0.377 e. The Morgan fingerprint density at radius 1 is 1.28 bits per heavy atom. The van der Waals surface area contributed by atoms with E-state index in [1.807, 2.05) is 30.7 Å². The summed E-state index contributed by atoms with van der Waals surface area (Å²) < 4.78 is 35.2. The Labute approximate surface area is 196 Å². The highest BCUT2D eigenvalue weighted by molar-refractivity contribution is 7.89. The SMILES string of the molecule is Cc1ccc(Cl)c2sc(=NC(=O)c3ccc(S(=O)(=O)N(C)CC4CCCO4)cc3)n(C)c12. The number of hydrogen-bond donors (Lipinski definition) is 0. The first-order chi connectivity index (χ1) is 15.2. The number of likely N-dealkylation sites (N-methyl/N-ethyl adjacent to an activating group) is 1. The van der Waals surface area contributed by atoms with Crippen molar-refractivity contribution < 1.29 is 17.9 Å². The van der Waals surface area contributed by atoms with Gasteiger partial charge in [0.2, 0.25) is 10.0 Å². The van der Waals surface area contributed by atoms with Crippen LogP contribution in [0.1, 0.15) is 28.8 Å². The van der Waals surface area contributed by atoms with E-state index in [1.165, 1.54) is 39.9 Å². The van der Waals surface area contributed by atoms with E-state index in [0.29, 0.717) is 28.5 Å². The first-order valence-corrected chi connectivity index (χ1v) is 12.8.